The first kappa shape index (κ1) is 14.8. The summed E-state index contributed by atoms with van der Waals surface area (Å²) in [7, 11) is 0. The fraction of sp³-hybridized carbons (Fsp3) is 0.133. The van der Waals surface area contributed by atoms with Crippen molar-refractivity contribution in [3.8, 4) is 0 Å². The summed E-state index contributed by atoms with van der Waals surface area (Å²) in [5.74, 6) is 0. The fourth-order valence-electron chi connectivity index (χ4n) is 1.65. The van der Waals surface area contributed by atoms with Crippen molar-refractivity contribution in [2.45, 2.75) is 11.5 Å². The smallest absolute Gasteiger partial charge is 0.411 e. The first-order valence-corrected chi connectivity index (χ1v) is 7.60. The van der Waals surface area contributed by atoms with Crippen LogP contribution in [-0.2, 0) is 11.3 Å². The molecule has 0 heterocycles. The molecule has 0 aliphatic rings. The van der Waals surface area contributed by atoms with Crippen molar-refractivity contribution >= 4 is 35.1 Å². The first-order valence-electron chi connectivity index (χ1n) is 6.00. The van der Waals surface area contributed by atoms with Gasteiger partial charge in [-0.25, -0.2) is 4.79 Å². The third kappa shape index (κ3) is 4.18. The summed E-state index contributed by atoms with van der Waals surface area (Å²) in [4.78, 5) is 12.8. The van der Waals surface area contributed by atoms with Gasteiger partial charge in [0.25, 0.3) is 0 Å². The van der Waals surface area contributed by atoms with Gasteiger partial charge in [-0.2, -0.15) is 0 Å². The van der Waals surface area contributed by atoms with Gasteiger partial charge in [0, 0.05) is 21.2 Å². The summed E-state index contributed by atoms with van der Waals surface area (Å²) < 4.78 is 5.21. The summed E-state index contributed by atoms with van der Waals surface area (Å²) in [5, 5.41) is 3.27. The lowest BCUT2D eigenvalue weighted by Crippen LogP contribution is -2.13. The lowest BCUT2D eigenvalue weighted by atomic mass is 10.2. The van der Waals surface area contributed by atoms with Crippen molar-refractivity contribution in [1.29, 1.82) is 0 Å². The number of benzene rings is 2. The Morgan fingerprint density at radius 1 is 1.20 bits per heavy atom. The van der Waals surface area contributed by atoms with E-state index in [2.05, 4.69) is 5.32 Å². The maximum atomic E-state index is 11.7. The molecule has 0 atom stereocenters. The number of rotatable bonds is 4. The molecule has 0 unspecified atom stereocenters. The molecule has 5 heteroatoms. The minimum Gasteiger partial charge on any atom is -0.444 e. The van der Waals surface area contributed by atoms with Gasteiger partial charge in [0.2, 0.25) is 0 Å². The molecule has 0 aliphatic carbocycles. The van der Waals surface area contributed by atoms with E-state index < -0.39 is 6.09 Å². The first-order chi connectivity index (χ1) is 9.69. The number of hydrogen-bond acceptors (Lipinski definition) is 3. The lowest BCUT2D eigenvalue weighted by molar-refractivity contribution is 0.154. The Hall–Kier alpha value is -1.65. The number of thioether (sulfide) groups is 1. The van der Waals surface area contributed by atoms with Crippen LogP contribution in [-0.4, -0.2) is 12.3 Å². The molecule has 2 aromatic rings. The van der Waals surface area contributed by atoms with E-state index in [9.17, 15) is 4.79 Å². The molecule has 3 nitrogen and oxygen atoms in total. The molecule has 0 radical (unpaired) electrons. The number of nitrogens with one attached hydrogen (secondary N) is 1. The quantitative estimate of drug-likeness (QED) is 0.824. The van der Waals surface area contributed by atoms with Gasteiger partial charge in [-0.3, -0.25) is 5.32 Å². The Balaban J connectivity index is 1.90. The molecule has 104 valence electrons. The number of ether oxygens (including phenoxy) is 1. The summed E-state index contributed by atoms with van der Waals surface area (Å²) in [6.07, 6.45) is 1.51. The Bertz CT molecular complexity index is 587. The molecule has 0 saturated carbocycles. The van der Waals surface area contributed by atoms with Gasteiger partial charge in [0.05, 0.1) is 0 Å². The maximum absolute atomic E-state index is 11.7. The highest BCUT2D eigenvalue weighted by Gasteiger charge is 2.06. The number of carbonyl (C=O) groups is 1. The second kappa shape index (κ2) is 7.22. The van der Waals surface area contributed by atoms with E-state index >= 15 is 0 Å². The van der Waals surface area contributed by atoms with E-state index in [0.29, 0.717) is 10.7 Å². The normalized spacial score (nSPS) is 10.1. The van der Waals surface area contributed by atoms with Gasteiger partial charge < -0.3 is 4.74 Å². The third-order valence-electron chi connectivity index (χ3n) is 2.64. The number of hydrogen-bond donors (Lipinski definition) is 1. The van der Waals surface area contributed by atoms with Gasteiger partial charge >= 0.3 is 6.09 Å². The van der Waals surface area contributed by atoms with Gasteiger partial charge in [0.1, 0.15) is 6.61 Å². The van der Waals surface area contributed by atoms with Crippen molar-refractivity contribution in [3.63, 3.8) is 0 Å². The molecule has 0 aromatic heterocycles. The van der Waals surface area contributed by atoms with Crippen molar-refractivity contribution in [2.75, 3.05) is 11.6 Å². The van der Waals surface area contributed by atoms with Crippen molar-refractivity contribution in [2.24, 2.45) is 0 Å². The van der Waals surface area contributed by atoms with Gasteiger partial charge in [-0.15, -0.1) is 11.8 Å². The molecule has 0 spiro atoms. The zero-order valence-corrected chi connectivity index (χ0v) is 12.5. The molecule has 0 bridgehead atoms. The SMILES string of the molecule is CSc1ccccc1COC(=O)Nc1ccc(Cl)cc1. The highest BCUT2D eigenvalue weighted by atomic mass is 35.5. The van der Waals surface area contributed by atoms with Gasteiger partial charge in [-0.1, -0.05) is 29.8 Å². The summed E-state index contributed by atoms with van der Waals surface area (Å²) in [5.41, 5.74) is 1.64. The van der Waals surface area contributed by atoms with Crippen LogP contribution in [0.1, 0.15) is 5.56 Å². The molecule has 0 aliphatic heterocycles. The van der Waals surface area contributed by atoms with Gasteiger partial charge in [0.15, 0.2) is 0 Å². The van der Waals surface area contributed by atoms with Crippen LogP contribution in [0.4, 0.5) is 10.5 Å². The fourth-order valence-corrected chi connectivity index (χ4v) is 2.38. The molecule has 2 aromatic carbocycles. The molecule has 1 amide bonds. The molecule has 20 heavy (non-hydrogen) atoms. The second-order valence-corrected chi connectivity index (χ2v) is 5.30. The van der Waals surface area contributed by atoms with Crippen LogP contribution in [0.25, 0.3) is 0 Å². The minimum absolute atomic E-state index is 0.246. The molecular formula is C15H14ClNO2S. The predicted octanol–water partition coefficient (Wildman–Crippen LogP) is 4.81. The van der Waals surface area contributed by atoms with E-state index in [1.165, 1.54) is 0 Å². The van der Waals surface area contributed by atoms with Crippen LogP contribution in [0.5, 0.6) is 0 Å². The van der Waals surface area contributed by atoms with E-state index in [-0.39, 0.29) is 6.61 Å². The largest absolute Gasteiger partial charge is 0.444 e. The third-order valence-corrected chi connectivity index (χ3v) is 3.73. The highest BCUT2D eigenvalue weighted by Crippen LogP contribution is 2.20. The molecule has 0 fully saturated rings. The monoisotopic (exact) mass is 307 g/mol. The Morgan fingerprint density at radius 3 is 2.60 bits per heavy atom. The Kier molecular flexibility index (Phi) is 5.32. The number of carbonyl (C=O) groups excluding carboxylic acids is 1. The Labute approximate surface area is 127 Å². The van der Waals surface area contributed by atoms with Crippen LogP contribution in [0.2, 0.25) is 5.02 Å². The highest BCUT2D eigenvalue weighted by molar-refractivity contribution is 7.98. The van der Waals surface area contributed by atoms with E-state index in [1.54, 1.807) is 36.0 Å². The molecular weight excluding hydrogens is 294 g/mol. The average molecular weight is 308 g/mol. The van der Waals surface area contributed by atoms with Crippen LogP contribution >= 0.6 is 23.4 Å². The number of anilines is 1. The lowest BCUT2D eigenvalue weighted by Gasteiger charge is -2.09. The zero-order valence-electron chi connectivity index (χ0n) is 10.9. The number of amides is 1. The molecule has 1 N–H and O–H groups in total. The van der Waals surface area contributed by atoms with Crippen molar-refractivity contribution in [3.05, 3.63) is 59.1 Å². The minimum atomic E-state index is -0.483. The van der Waals surface area contributed by atoms with Crippen molar-refractivity contribution in [1.82, 2.24) is 0 Å². The predicted molar refractivity (Wildman–Crippen MR) is 83.5 cm³/mol. The summed E-state index contributed by atoms with van der Waals surface area (Å²) in [6.45, 7) is 0.246. The average Bonchev–Trinajstić information content (AvgIpc) is 2.48. The second-order valence-electron chi connectivity index (χ2n) is 4.02. The summed E-state index contributed by atoms with van der Waals surface area (Å²) >= 11 is 7.40. The van der Waals surface area contributed by atoms with Crippen LogP contribution in [0.3, 0.4) is 0 Å². The maximum Gasteiger partial charge on any atom is 0.411 e. The van der Waals surface area contributed by atoms with E-state index in [4.69, 9.17) is 16.3 Å². The molecule has 0 saturated heterocycles. The van der Waals surface area contributed by atoms with E-state index in [1.807, 2.05) is 30.5 Å². The zero-order chi connectivity index (χ0) is 14.4. The van der Waals surface area contributed by atoms with Crippen LogP contribution in [0, 0.1) is 0 Å². The van der Waals surface area contributed by atoms with Crippen LogP contribution in [0.15, 0.2) is 53.4 Å². The van der Waals surface area contributed by atoms with Crippen LogP contribution < -0.4 is 5.32 Å². The van der Waals surface area contributed by atoms with Gasteiger partial charge in [-0.05, 0) is 36.6 Å². The topological polar surface area (TPSA) is 38.3 Å². The molecule has 2 rings (SSSR count). The summed E-state index contributed by atoms with van der Waals surface area (Å²) in [6, 6.07) is 14.7. The Morgan fingerprint density at radius 2 is 1.90 bits per heavy atom. The van der Waals surface area contributed by atoms with E-state index in [0.717, 1.165) is 10.5 Å². The van der Waals surface area contributed by atoms with Crippen molar-refractivity contribution < 1.29 is 9.53 Å². The standard InChI is InChI=1S/C15H14ClNO2S/c1-20-14-5-3-2-4-11(14)10-19-15(18)17-13-8-6-12(16)7-9-13/h2-9H,10H2,1H3,(H,17,18). The number of halogens is 1.